The molecule has 5 rings (SSSR count). The van der Waals surface area contributed by atoms with Gasteiger partial charge in [0.25, 0.3) is 0 Å². The monoisotopic (exact) mass is 1730 g/mol. The predicted molar refractivity (Wildman–Crippen MR) is 247 cm³/mol. The standard InChI is InChI=1S/C31H53N3O49S8.10Na/c1-69-27-9(33-85(48,49)50)13(37)17(6(74-27)3-71-88(57,58)59)76-31-22(83-91(66,67)68)16(40)21(24(81-31)26(43)44)79-29-10(34-86(51,52)53)19(82-90(63,64)65)18(7(75-29)4-72-89(60,61)62)77-30-15(39)14(38)20(23(80-30)25(41)42)78-28-8(32-84(45,46)47)12(36)11(35)5(73-28)2-70-87(54,55)56;;;;;;;;;;/h5-24,27-40H,2-4H2,1H3,(H,41,42)(H,43,44)(H,45,46,47)(H,48,49,50)(H,51,52,53)(H,54,55,56)(H,57,58,59)(H,60,61,62)(H,63,64,65)(H,66,67,68);;;;;;;;;;/q;10*+1/p-8/t5-,6-,7-,8-,9-,10-,11-,12-,13-,14-,15-,16+,17-,18-,19-,20+,21+,22-,23+,24-,27+,28-,29-,30-,31-;;;;;;;;;;/m1........../s1. The van der Waals surface area contributed by atoms with Gasteiger partial charge in [0.05, 0.1) is 19.8 Å². The van der Waals surface area contributed by atoms with Gasteiger partial charge in [-0.1, -0.05) is 0 Å². The molecule has 25 atom stereocenters. The normalized spacial score (nSPS) is 34.8. The summed E-state index contributed by atoms with van der Waals surface area (Å²) in [5.74, 6) is -5.03. The first-order valence-corrected chi connectivity index (χ1v) is 34.3. The maximum Gasteiger partial charge on any atom is 1.00 e. The first-order valence-electron chi connectivity index (χ1n) is 23.4. The fourth-order valence-electron chi connectivity index (χ4n) is 8.95. The van der Waals surface area contributed by atoms with Crippen LogP contribution >= 0.6 is 0 Å². The molecule has 0 spiro atoms. The van der Waals surface area contributed by atoms with Crippen LogP contribution in [0.5, 0.6) is 0 Å². The van der Waals surface area contributed by atoms with Crippen LogP contribution in [-0.4, -0.2) is 337 Å². The number of hydrogen-bond donors (Lipinski definition) is 11. The summed E-state index contributed by atoms with van der Waals surface area (Å²) in [7, 11) is -48.2. The number of hydrogen-bond acceptors (Lipinski definition) is 47. The zero-order chi connectivity index (χ0) is 69.4. The molecule has 5 heterocycles. The van der Waals surface area contributed by atoms with Crippen molar-refractivity contribution in [2.24, 2.45) is 0 Å². The quantitative estimate of drug-likeness (QED) is 0.0181. The van der Waals surface area contributed by atoms with E-state index in [2.05, 4.69) is 20.9 Å². The van der Waals surface area contributed by atoms with Gasteiger partial charge in [-0.15, -0.1) is 0 Å². The van der Waals surface area contributed by atoms with Crippen LogP contribution in [0, 0.1) is 0 Å². The molecule has 0 aromatic carbocycles. The van der Waals surface area contributed by atoms with Crippen molar-refractivity contribution in [3.05, 3.63) is 0 Å². The number of rotatable bonds is 30. The van der Waals surface area contributed by atoms with E-state index in [0.29, 0.717) is 7.11 Å². The topological polar surface area (TPSA) is 828 Å². The third-order valence-corrected chi connectivity index (χ3v) is 16.3. The molecule has 0 aromatic heterocycles. The van der Waals surface area contributed by atoms with E-state index in [4.69, 9.17) is 47.4 Å². The molecule has 0 radical (unpaired) electrons. The Kier molecular flexibility index (Phi) is 57.7. The summed E-state index contributed by atoms with van der Waals surface area (Å²) in [6, 6.07) is -8.53. The average Bonchev–Trinajstić information content (AvgIpc) is 0.764. The van der Waals surface area contributed by atoms with Crippen LogP contribution in [0.1, 0.15) is 0 Å². The van der Waals surface area contributed by atoms with Crippen molar-refractivity contribution in [2.75, 3.05) is 26.9 Å². The molecule has 0 unspecified atom stereocenters. The molecular weight excluding hydrogens is 1680 g/mol. The van der Waals surface area contributed by atoms with Gasteiger partial charge in [0.15, 0.2) is 80.7 Å². The summed E-state index contributed by atoms with van der Waals surface area (Å²) in [5.41, 5.74) is 0. The van der Waals surface area contributed by atoms with Crippen molar-refractivity contribution >= 4 is 94.8 Å². The third-order valence-electron chi connectivity index (χ3n) is 12.4. The molecule has 0 bridgehead atoms. The largest absolute Gasteiger partial charge is 1.00 e. The number of aliphatic carboxylic acids is 2. The summed E-state index contributed by atoms with van der Waals surface area (Å²) in [4.78, 5) is 25.7. The van der Waals surface area contributed by atoms with Crippen molar-refractivity contribution in [1.82, 2.24) is 14.2 Å². The van der Waals surface area contributed by atoms with Gasteiger partial charge < -0.3 is 125 Å². The molecule has 101 heavy (non-hydrogen) atoms. The molecule has 11 N–H and O–H groups in total. The molecule has 0 saturated carbocycles. The van der Waals surface area contributed by atoms with Crippen LogP contribution in [0.3, 0.4) is 0 Å². The van der Waals surface area contributed by atoms with Crippen molar-refractivity contribution < 1.29 is 518 Å². The smallest absolute Gasteiger partial charge is 0.735 e. The first kappa shape index (κ1) is 119. The number of carboxylic acid groups (broad SMARTS) is 2. The second-order valence-corrected chi connectivity index (χ2v) is 27.2. The van der Waals surface area contributed by atoms with E-state index in [1.54, 1.807) is 0 Å². The van der Waals surface area contributed by atoms with Crippen LogP contribution in [0.4, 0.5) is 0 Å². The van der Waals surface area contributed by atoms with E-state index < -0.39 is 268 Å². The van der Waals surface area contributed by atoms with E-state index >= 15 is 0 Å². The fraction of sp³-hybridized carbons (Fsp3) is 0.935. The molecular formula is C31H45N3Na10O49S8+2. The first-order chi connectivity index (χ1) is 41.2. The third kappa shape index (κ3) is 38.3. The van der Waals surface area contributed by atoms with Gasteiger partial charge in [0, 0.05) is 7.11 Å². The number of carboxylic acids is 2. The van der Waals surface area contributed by atoms with E-state index in [1.807, 2.05) is 0 Å². The molecule has 5 aliphatic rings. The van der Waals surface area contributed by atoms with E-state index in [0.717, 1.165) is 9.44 Å². The summed E-state index contributed by atoms with van der Waals surface area (Å²) < 4.78 is 360. The maximum absolute atomic E-state index is 12.9. The van der Waals surface area contributed by atoms with Crippen molar-refractivity contribution in [3.63, 3.8) is 0 Å². The summed E-state index contributed by atoms with van der Waals surface area (Å²) >= 11 is 0. The van der Waals surface area contributed by atoms with Crippen molar-refractivity contribution in [1.29, 1.82) is 0 Å². The number of aliphatic hydroxyl groups is 6. The second kappa shape index (κ2) is 49.0. The Balaban J connectivity index is -0.00000226. The maximum atomic E-state index is 12.9. The number of nitrogens with one attached hydrogen (secondary N) is 3. The zero-order valence-electron chi connectivity index (χ0n) is 53.6. The summed E-state index contributed by atoms with van der Waals surface area (Å²) in [6.45, 7) is -5.39. The van der Waals surface area contributed by atoms with Crippen LogP contribution in [0.15, 0.2) is 0 Å². The minimum atomic E-state index is -6.66. The molecule has 0 amide bonds. The second-order valence-electron chi connectivity index (χ2n) is 18.5. The number of aliphatic hydroxyl groups excluding tert-OH is 6. The predicted octanol–water partition coefficient (Wildman–Crippen LogP) is -46.5. The Morgan fingerprint density at radius 2 is 0.653 bits per heavy atom. The van der Waals surface area contributed by atoms with Crippen molar-refractivity contribution in [2.45, 2.75) is 153 Å². The zero-order valence-corrected chi connectivity index (χ0v) is 80.2. The van der Waals surface area contributed by atoms with Crippen LogP contribution in [0.25, 0.3) is 0 Å². The van der Waals surface area contributed by atoms with Gasteiger partial charge >= 0.3 is 308 Å². The van der Waals surface area contributed by atoms with E-state index in [9.17, 15) is 154 Å². The Morgan fingerprint density at radius 3 is 1.04 bits per heavy atom. The van der Waals surface area contributed by atoms with Gasteiger partial charge in [-0.25, -0.2) is 91.1 Å². The van der Waals surface area contributed by atoms with Gasteiger partial charge in [-0.3, -0.25) is 20.9 Å². The number of ether oxygens (including phenoxy) is 10. The molecule has 52 nitrogen and oxygen atoms in total. The molecule has 534 valence electrons. The van der Waals surface area contributed by atoms with Crippen LogP contribution in [-0.2, 0) is 161 Å². The Morgan fingerprint density at radius 1 is 0.337 bits per heavy atom. The number of methoxy groups -OCH3 is 1. The molecule has 0 aliphatic carbocycles. The molecule has 5 saturated heterocycles. The number of carbonyl (C=O) groups is 2. The van der Waals surface area contributed by atoms with Gasteiger partial charge in [-0.2, -0.15) is 0 Å². The summed E-state index contributed by atoms with van der Waals surface area (Å²) in [6.07, 6.45) is -65.6. The van der Waals surface area contributed by atoms with Crippen LogP contribution in [0.2, 0.25) is 0 Å². The SMILES string of the molecule is CO[C@H]1O[C@H](COS(=O)(=O)[O-])[C@@H](O[C@@H]2O[C@@H](C(=O)O)[C@@H](O[C@H]3O[C@H](COS(=O)(=O)[O-])[C@@H](O[C@@H]4O[C@H](C(=O)O)[C@@H](O[C@H]5O[C@H](COS(=O)(=O)[O-])[C@@H](O)[C@H](O)[C@H]5NS(=O)(=O)[O-])[C@H](O)[C@H]4O)[C@H](OS(=O)(=O)[O-])[C@H]3NS(=O)(=O)[O-])[C@H](O)[C@H]2OS(=O)(=O)[O-])[C@H](O)[C@H]1NS(=O)(=O)[O-].[Na+].[Na+].[Na+].[Na+].[Na+].[Na+].[Na+].[Na+].[Na+].[Na+]. The van der Waals surface area contributed by atoms with E-state index in [-0.39, 0.29) is 296 Å². The average molecular weight is 1730 g/mol. The minimum absolute atomic E-state index is 0. The van der Waals surface area contributed by atoms with Gasteiger partial charge in [-0.05, 0) is 0 Å². The van der Waals surface area contributed by atoms with Crippen LogP contribution < -0.4 is 310 Å². The fourth-order valence-corrected chi connectivity index (χ4v) is 12.6. The van der Waals surface area contributed by atoms with Gasteiger partial charge in [0.2, 0.25) is 52.0 Å². The Labute approximate surface area is 793 Å². The molecule has 0 aromatic rings. The summed E-state index contributed by atoms with van der Waals surface area (Å²) in [5, 5.41) is 87.3. The Hall–Kier alpha value is 7.26. The minimum Gasteiger partial charge on any atom is -0.735 e. The van der Waals surface area contributed by atoms with E-state index in [1.165, 1.54) is 4.72 Å². The molecule has 5 fully saturated rings. The Bertz CT molecular complexity index is 3530. The van der Waals surface area contributed by atoms with Gasteiger partial charge in [0.1, 0.15) is 104 Å². The van der Waals surface area contributed by atoms with Crippen molar-refractivity contribution in [3.8, 4) is 0 Å². The molecule has 70 heteroatoms. The molecule has 5 aliphatic heterocycles.